The molecular weight excluding hydrogens is 308 g/mol. The average Bonchev–Trinajstić information content (AvgIpc) is 2.62. The number of hydrogen-bond donors (Lipinski definition) is 1. The zero-order chi connectivity index (χ0) is 17.2. The fourth-order valence-electron chi connectivity index (χ4n) is 3.56. The maximum absolute atomic E-state index is 12.8. The third-order valence-electron chi connectivity index (χ3n) is 5.06. The van der Waals surface area contributed by atoms with Crippen LogP contribution in [0, 0.1) is 10.1 Å². The summed E-state index contributed by atoms with van der Waals surface area (Å²) < 4.78 is 0. The van der Waals surface area contributed by atoms with Crippen molar-refractivity contribution in [2.24, 2.45) is 0 Å². The molecule has 0 radical (unpaired) electrons. The lowest BCUT2D eigenvalue weighted by Gasteiger charge is -2.42. The number of benzene rings is 1. The van der Waals surface area contributed by atoms with Crippen LogP contribution in [0.5, 0.6) is 0 Å². The van der Waals surface area contributed by atoms with E-state index in [9.17, 15) is 14.9 Å². The minimum atomic E-state index is -0.439. The second kappa shape index (κ2) is 6.76. The molecule has 2 saturated heterocycles. The second-order valence-corrected chi connectivity index (χ2v) is 6.77. The summed E-state index contributed by atoms with van der Waals surface area (Å²) in [5.41, 5.74) is 0.509. The van der Waals surface area contributed by atoms with Crippen LogP contribution in [0.3, 0.4) is 0 Å². The number of amides is 1. The van der Waals surface area contributed by atoms with Gasteiger partial charge in [-0.1, -0.05) is 6.07 Å². The van der Waals surface area contributed by atoms with Gasteiger partial charge >= 0.3 is 0 Å². The molecule has 3 rings (SSSR count). The number of anilines is 1. The predicted octanol–water partition coefficient (Wildman–Crippen LogP) is 1.78. The highest BCUT2D eigenvalue weighted by atomic mass is 16.6. The molecule has 1 aromatic rings. The van der Waals surface area contributed by atoms with Crippen LogP contribution in [0.1, 0.15) is 26.2 Å². The highest BCUT2D eigenvalue weighted by Crippen LogP contribution is 2.25. The Morgan fingerprint density at radius 2 is 2.00 bits per heavy atom. The summed E-state index contributed by atoms with van der Waals surface area (Å²) in [5, 5.41) is 14.3. The van der Waals surface area contributed by atoms with Crippen molar-refractivity contribution in [1.29, 1.82) is 0 Å². The number of nitro benzene ring substituents is 1. The SMILES string of the molecule is CC1(C(=O)N2CCN(c3cccc([N+](=O)[O-])c3)CC2)CCCCN1. The molecule has 2 aliphatic rings. The van der Waals surface area contributed by atoms with Gasteiger partial charge in [-0.15, -0.1) is 0 Å². The molecular formula is C17H24N4O3. The molecule has 24 heavy (non-hydrogen) atoms. The first-order valence-electron chi connectivity index (χ1n) is 8.53. The Labute approximate surface area is 141 Å². The van der Waals surface area contributed by atoms with E-state index >= 15 is 0 Å². The zero-order valence-electron chi connectivity index (χ0n) is 14.0. The minimum absolute atomic E-state index is 0.102. The first kappa shape index (κ1) is 16.7. The molecule has 7 heteroatoms. The average molecular weight is 332 g/mol. The number of carbonyl (C=O) groups is 1. The van der Waals surface area contributed by atoms with Gasteiger partial charge in [0.15, 0.2) is 0 Å². The van der Waals surface area contributed by atoms with Crippen molar-refractivity contribution >= 4 is 17.3 Å². The lowest BCUT2D eigenvalue weighted by molar-refractivity contribution is -0.384. The van der Waals surface area contributed by atoms with Gasteiger partial charge in [0.05, 0.1) is 10.5 Å². The fourth-order valence-corrected chi connectivity index (χ4v) is 3.56. The van der Waals surface area contributed by atoms with Crippen molar-refractivity contribution in [2.75, 3.05) is 37.6 Å². The first-order chi connectivity index (χ1) is 11.5. The number of nitro groups is 1. The summed E-state index contributed by atoms with van der Waals surface area (Å²) in [4.78, 5) is 27.4. The number of nitrogens with zero attached hydrogens (tertiary/aromatic N) is 3. The number of piperidine rings is 1. The molecule has 1 N–H and O–H groups in total. The topological polar surface area (TPSA) is 78.7 Å². The van der Waals surface area contributed by atoms with Crippen LogP contribution in [-0.2, 0) is 4.79 Å². The summed E-state index contributed by atoms with van der Waals surface area (Å²) in [6.45, 7) is 5.60. The minimum Gasteiger partial charge on any atom is -0.368 e. The van der Waals surface area contributed by atoms with Crippen LogP contribution >= 0.6 is 0 Å². The Morgan fingerprint density at radius 1 is 1.25 bits per heavy atom. The summed E-state index contributed by atoms with van der Waals surface area (Å²) >= 11 is 0. The lowest BCUT2D eigenvalue weighted by atomic mass is 9.89. The molecule has 130 valence electrons. The highest BCUT2D eigenvalue weighted by molar-refractivity contribution is 5.86. The summed E-state index contributed by atoms with van der Waals surface area (Å²) in [7, 11) is 0. The predicted molar refractivity (Wildman–Crippen MR) is 92.1 cm³/mol. The maximum Gasteiger partial charge on any atom is 0.271 e. The van der Waals surface area contributed by atoms with Gasteiger partial charge in [-0.2, -0.15) is 0 Å². The number of nitrogens with one attached hydrogen (secondary N) is 1. The third kappa shape index (κ3) is 3.36. The molecule has 2 fully saturated rings. The molecule has 0 aliphatic carbocycles. The maximum atomic E-state index is 12.8. The van der Waals surface area contributed by atoms with E-state index < -0.39 is 5.54 Å². The Kier molecular flexibility index (Phi) is 4.71. The summed E-state index contributed by atoms with van der Waals surface area (Å²) in [6.07, 6.45) is 3.10. The molecule has 0 bridgehead atoms. The third-order valence-corrected chi connectivity index (χ3v) is 5.06. The van der Waals surface area contributed by atoms with Crippen molar-refractivity contribution in [3.63, 3.8) is 0 Å². The van der Waals surface area contributed by atoms with Gasteiger partial charge in [-0.3, -0.25) is 14.9 Å². The first-order valence-corrected chi connectivity index (χ1v) is 8.53. The van der Waals surface area contributed by atoms with E-state index in [0.29, 0.717) is 26.2 Å². The normalized spacial score (nSPS) is 24.7. The van der Waals surface area contributed by atoms with Crippen LogP contribution < -0.4 is 10.2 Å². The molecule has 0 saturated carbocycles. The lowest BCUT2D eigenvalue weighted by Crippen LogP contribution is -2.61. The largest absolute Gasteiger partial charge is 0.368 e. The number of piperazine rings is 1. The Morgan fingerprint density at radius 3 is 2.62 bits per heavy atom. The van der Waals surface area contributed by atoms with Crippen LogP contribution in [0.2, 0.25) is 0 Å². The van der Waals surface area contributed by atoms with Crippen LogP contribution in [0.4, 0.5) is 11.4 Å². The molecule has 0 aromatic heterocycles. The zero-order valence-corrected chi connectivity index (χ0v) is 14.0. The van der Waals surface area contributed by atoms with Gasteiger partial charge < -0.3 is 15.1 Å². The molecule has 1 amide bonds. The standard InChI is InChI=1S/C17H24N4O3/c1-17(7-2-3-8-18-17)16(22)20-11-9-19(10-12-20)14-5-4-6-15(13-14)21(23)24/h4-6,13,18H,2-3,7-12H2,1H3. The van der Waals surface area contributed by atoms with Crippen LogP contribution in [0.25, 0.3) is 0 Å². The van der Waals surface area contributed by atoms with E-state index in [4.69, 9.17) is 0 Å². The Bertz CT molecular complexity index is 620. The molecule has 1 atom stereocenters. The van der Waals surface area contributed by atoms with Crippen molar-refractivity contribution < 1.29 is 9.72 Å². The van der Waals surface area contributed by atoms with E-state index in [1.54, 1.807) is 12.1 Å². The summed E-state index contributed by atoms with van der Waals surface area (Å²) in [6, 6.07) is 6.69. The van der Waals surface area contributed by atoms with E-state index in [2.05, 4.69) is 10.2 Å². The molecule has 0 spiro atoms. The number of non-ortho nitro benzene ring substituents is 1. The van der Waals surface area contributed by atoms with Crippen LogP contribution in [0.15, 0.2) is 24.3 Å². The monoisotopic (exact) mass is 332 g/mol. The van der Waals surface area contributed by atoms with E-state index in [-0.39, 0.29) is 16.5 Å². The van der Waals surface area contributed by atoms with Gasteiger partial charge in [0.1, 0.15) is 0 Å². The van der Waals surface area contributed by atoms with Gasteiger partial charge in [-0.25, -0.2) is 0 Å². The molecule has 7 nitrogen and oxygen atoms in total. The van der Waals surface area contributed by atoms with Crippen LogP contribution in [-0.4, -0.2) is 54.0 Å². The fraction of sp³-hybridized carbons (Fsp3) is 0.588. The molecule has 2 heterocycles. The van der Waals surface area contributed by atoms with E-state index in [1.165, 1.54) is 6.07 Å². The van der Waals surface area contributed by atoms with Crippen molar-refractivity contribution in [2.45, 2.75) is 31.7 Å². The van der Waals surface area contributed by atoms with Crippen molar-refractivity contribution in [3.8, 4) is 0 Å². The quantitative estimate of drug-likeness (QED) is 0.674. The van der Waals surface area contributed by atoms with E-state index in [0.717, 1.165) is 31.5 Å². The Hall–Kier alpha value is -2.15. The number of hydrogen-bond acceptors (Lipinski definition) is 5. The van der Waals surface area contributed by atoms with E-state index in [1.807, 2.05) is 17.9 Å². The summed E-state index contributed by atoms with van der Waals surface area (Å²) in [5.74, 6) is 0.181. The van der Waals surface area contributed by atoms with Gasteiger partial charge in [0.2, 0.25) is 5.91 Å². The second-order valence-electron chi connectivity index (χ2n) is 6.77. The molecule has 1 unspecified atom stereocenters. The smallest absolute Gasteiger partial charge is 0.271 e. The Balaban J connectivity index is 1.62. The highest BCUT2D eigenvalue weighted by Gasteiger charge is 2.38. The van der Waals surface area contributed by atoms with Crippen molar-refractivity contribution in [3.05, 3.63) is 34.4 Å². The number of carbonyl (C=O) groups excluding carboxylic acids is 1. The van der Waals surface area contributed by atoms with Gasteiger partial charge in [0.25, 0.3) is 5.69 Å². The molecule has 2 aliphatic heterocycles. The molecule has 1 aromatic carbocycles. The van der Waals surface area contributed by atoms with Crippen molar-refractivity contribution in [1.82, 2.24) is 10.2 Å². The van der Waals surface area contributed by atoms with Gasteiger partial charge in [-0.05, 0) is 38.8 Å². The number of rotatable bonds is 3. The van der Waals surface area contributed by atoms with Gasteiger partial charge in [0, 0.05) is 44.0 Å².